The van der Waals surface area contributed by atoms with Crippen LogP contribution >= 0.6 is 0 Å². The van der Waals surface area contributed by atoms with E-state index in [1.807, 2.05) is 13.0 Å². The van der Waals surface area contributed by atoms with Crippen molar-refractivity contribution in [3.8, 4) is 0 Å². The first-order valence-corrected chi connectivity index (χ1v) is 8.39. The molecule has 1 unspecified atom stereocenters. The fraction of sp³-hybridized carbons (Fsp3) is 0.474. The average Bonchev–Trinajstić information content (AvgIpc) is 2.48. The third-order valence-corrected chi connectivity index (χ3v) is 4.02. The van der Waals surface area contributed by atoms with Gasteiger partial charge in [-0.15, -0.1) is 0 Å². The molecule has 1 aromatic heterocycles. The Morgan fingerprint density at radius 3 is 2.48 bits per heavy atom. The number of nitrogens with zero attached hydrogens (tertiary/aromatic N) is 2. The highest BCUT2D eigenvalue weighted by atomic mass is 15.1. The van der Waals surface area contributed by atoms with Crippen LogP contribution in [0.15, 0.2) is 24.3 Å². The van der Waals surface area contributed by atoms with Gasteiger partial charge in [-0.05, 0) is 44.2 Å². The number of benzene rings is 1. The molecule has 0 fully saturated rings. The quantitative estimate of drug-likeness (QED) is 0.772. The predicted molar refractivity (Wildman–Crippen MR) is 98.7 cm³/mol. The van der Waals surface area contributed by atoms with Crippen molar-refractivity contribution in [2.75, 3.05) is 10.6 Å². The summed E-state index contributed by atoms with van der Waals surface area (Å²) in [7, 11) is 0. The van der Waals surface area contributed by atoms with Gasteiger partial charge < -0.3 is 10.6 Å². The number of hydrogen-bond donors (Lipinski definition) is 2. The molecule has 0 aliphatic heterocycles. The summed E-state index contributed by atoms with van der Waals surface area (Å²) in [5, 5.41) is 6.85. The van der Waals surface area contributed by atoms with Crippen molar-refractivity contribution in [2.24, 2.45) is 0 Å². The van der Waals surface area contributed by atoms with E-state index in [0.29, 0.717) is 17.9 Å². The van der Waals surface area contributed by atoms with Gasteiger partial charge in [0.25, 0.3) is 0 Å². The first kappa shape index (κ1) is 17.3. The largest absolute Gasteiger partial charge is 0.367 e. The second kappa shape index (κ2) is 7.44. The minimum Gasteiger partial charge on any atom is -0.367 e. The molecule has 1 aromatic carbocycles. The lowest BCUT2D eigenvalue weighted by Gasteiger charge is -2.18. The van der Waals surface area contributed by atoms with E-state index >= 15 is 0 Å². The van der Waals surface area contributed by atoms with E-state index < -0.39 is 0 Å². The molecule has 2 N–H and O–H groups in total. The molecular weight excluding hydrogens is 284 g/mol. The SMILES string of the molecule is CCC(C)Nc1cc(C)nc(Nc2c(C)cccc2C(C)C)n1. The number of aryl methyl sites for hydroxylation is 2. The van der Waals surface area contributed by atoms with Crippen LogP contribution in [0.5, 0.6) is 0 Å². The predicted octanol–water partition coefficient (Wildman–Crippen LogP) is 5.17. The first-order valence-electron chi connectivity index (χ1n) is 8.39. The lowest BCUT2D eigenvalue weighted by Crippen LogP contribution is -2.15. The Morgan fingerprint density at radius 1 is 1.09 bits per heavy atom. The van der Waals surface area contributed by atoms with Crippen LogP contribution in [0.4, 0.5) is 17.5 Å². The minimum atomic E-state index is 0.391. The highest BCUT2D eigenvalue weighted by Crippen LogP contribution is 2.29. The number of rotatable bonds is 6. The summed E-state index contributed by atoms with van der Waals surface area (Å²) in [4.78, 5) is 9.17. The van der Waals surface area contributed by atoms with Crippen molar-refractivity contribution in [1.29, 1.82) is 0 Å². The monoisotopic (exact) mass is 312 g/mol. The highest BCUT2D eigenvalue weighted by molar-refractivity contribution is 5.64. The van der Waals surface area contributed by atoms with E-state index in [1.165, 1.54) is 11.1 Å². The number of para-hydroxylation sites is 1. The van der Waals surface area contributed by atoms with Crippen molar-refractivity contribution in [3.05, 3.63) is 41.1 Å². The van der Waals surface area contributed by atoms with Crippen molar-refractivity contribution < 1.29 is 0 Å². The van der Waals surface area contributed by atoms with Crippen molar-refractivity contribution in [2.45, 2.75) is 59.9 Å². The third-order valence-electron chi connectivity index (χ3n) is 4.02. The molecule has 0 aliphatic rings. The van der Waals surface area contributed by atoms with Gasteiger partial charge in [0, 0.05) is 23.5 Å². The molecule has 124 valence electrons. The van der Waals surface area contributed by atoms with Crippen LogP contribution in [0.25, 0.3) is 0 Å². The molecule has 1 atom stereocenters. The molecule has 2 aromatic rings. The Kier molecular flexibility index (Phi) is 5.59. The Hall–Kier alpha value is -2.10. The molecule has 0 spiro atoms. The fourth-order valence-electron chi connectivity index (χ4n) is 2.51. The average molecular weight is 312 g/mol. The normalized spacial score (nSPS) is 12.3. The van der Waals surface area contributed by atoms with Gasteiger partial charge in [-0.1, -0.05) is 39.0 Å². The maximum atomic E-state index is 4.63. The highest BCUT2D eigenvalue weighted by Gasteiger charge is 2.11. The topological polar surface area (TPSA) is 49.8 Å². The summed E-state index contributed by atoms with van der Waals surface area (Å²) in [6.45, 7) is 12.8. The molecule has 0 saturated carbocycles. The maximum Gasteiger partial charge on any atom is 0.229 e. The Labute approximate surface area is 139 Å². The molecule has 4 heteroatoms. The van der Waals surface area contributed by atoms with Gasteiger partial charge in [0.2, 0.25) is 5.95 Å². The zero-order chi connectivity index (χ0) is 17.0. The lowest BCUT2D eigenvalue weighted by molar-refractivity contribution is 0.758. The molecule has 0 saturated heterocycles. The summed E-state index contributed by atoms with van der Waals surface area (Å²) in [5.41, 5.74) is 4.56. The van der Waals surface area contributed by atoms with E-state index in [0.717, 1.165) is 23.6 Å². The first-order chi connectivity index (χ1) is 10.9. The molecule has 23 heavy (non-hydrogen) atoms. The Morgan fingerprint density at radius 2 is 1.83 bits per heavy atom. The summed E-state index contributed by atoms with van der Waals surface area (Å²) in [5.74, 6) is 1.96. The lowest BCUT2D eigenvalue weighted by atomic mass is 9.98. The van der Waals surface area contributed by atoms with E-state index in [4.69, 9.17) is 0 Å². The molecule has 1 heterocycles. The summed E-state index contributed by atoms with van der Waals surface area (Å²) in [6, 6.07) is 8.75. The fourth-order valence-corrected chi connectivity index (χ4v) is 2.51. The van der Waals surface area contributed by atoms with Gasteiger partial charge in [-0.25, -0.2) is 4.98 Å². The zero-order valence-corrected chi connectivity index (χ0v) is 15.1. The van der Waals surface area contributed by atoms with Gasteiger partial charge in [0.15, 0.2) is 0 Å². The van der Waals surface area contributed by atoms with Crippen LogP contribution in [0, 0.1) is 13.8 Å². The van der Waals surface area contributed by atoms with Gasteiger partial charge in [0.05, 0.1) is 0 Å². The van der Waals surface area contributed by atoms with Crippen molar-refractivity contribution in [3.63, 3.8) is 0 Å². The van der Waals surface area contributed by atoms with Gasteiger partial charge in [-0.2, -0.15) is 4.98 Å². The van der Waals surface area contributed by atoms with Gasteiger partial charge >= 0.3 is 0 Å². The van der Waals surface area contributed by atoms with Crippen LogP contribution in [0.1, 0.15) is 56.9 Å². The van der Waals surface area contributed by atoms with E-state index in [-0.39, 0.29) is 0 Å². The van der Waals surface area contributed by atoms with E-state index in [1.54, 1.807) is 0 Å². The second-order valence-corrected chi connectivity index (χ2v) is 6.49. The molecule has 0 amide bonds. The third kappa shape index (κ3) is 4.44. The van der Waals surface area contributed by atoms with Gasteiger partial charge in [-0.3, -0.25) is 0 Å². The van der Waals surface area contributed by atoms with Crippen molar-refractivity contribution >= 4 is 17.5 Å². The molecule has 0 aliphatic carbocycles. The molecule has 0 bridgehead atoms. The number of aromatic nitrogens is 2. The van der Waals surface area contributed by atoms with Crippen LogP contribution in [-0.2, 0) is 0 Å². The Bertz CT molecular complexity index is 664. The van der Waals surface area contributed by atoms with Crippen LogP contribution in [0.2, 0.25) is 0 Å². The van der Waals surface area contributed by atoms with Gasteiger partial charge in [0.1, 0.15) is 5.82 Å². The number of hydrogen-bond acceptors (Lipinski definition) is 4. The molecule has 2 rings (SSSR count). The summed E-state index contributed by atoms with van der Waals surface area (Å²) < 4.78 is 0. The zero-order valence-electron chi connectivity index (χ0n) is 15.1. The molecular formula is C19H28N4. The molecule has 0 radical (unpaired) electrons. The number of anilines is 3. The number of nitrogens with one attached hydrogen (secondary N) is 2. The minimum absolute atomic E-state index is 0.391. The summed E-state index contributed by atoms with van der Waals surface area (Å²) in [6.07, 6.45) is 1.06. The van der Waals surface area contributed by atoms with E-state index in [2.05, 4.69) is 73.4 Å². The second-order valence-electron chi connectivity index (χ2n) is 6.49. The van der Waals surface area contributed by atoms with Crippen LogP contribution < -0.4 is 10.6 Å². The van der Waals surface area contributed by atoms with Crippen LogP contribution in [0.3, 0.4) is 0 Å². The van der Waals surface area contributed by atoms with Crippen molar-refractivity contribution in [1.82, 2.24) is 9.97 Å². The molecule has 4 nitrogen and oxygen atoms in total. The maximum absolute atomic E-state index is 4.63. The summed E-state index contributed by atoms with van der Waals surface area (Å²) >= 11 is 0. The standard InChI is InChI=1S/C19H28N4/c1-7-14(5)20-17-11-15(6)21-19(22-17)23-18-13(4)9-8-10-16(18)12(2)3/h8-12,14H,7H2,1-6H3,(H2,20,21,22,23). The van der Waals surface area contributed by atoms with E-state index in [9.17, 15) is 0 Å². The smallest absolute Gasteiger partial charge is 0.229 e. The van der Waals surface area contributed by atoms with Crippen LogP contribution in [-0.4, -0.2) is 16.0 Å². The Balaban J connectivity index is 2.34.